The number of aliphatic carboxylic acids is 1. The Balaban J connectivity index is 1.76. The first kappa shape index (κ1) is 21.4. The van der Waals surface area contributed by atoms with Gasteiger partial charge in [0.2, 0.25) is 11.2 Å². The van der Waals surface area contributed by atoms with Gasteiger partial charge in [-0.1, -0.05) is 18.2 Å². The van der Waals surface area contributed by atoms with Crippen LogP contribution in [0, 0.1) is 6.92 Å². The van der Waals surface area contributed by atoms with E-state index in [1.54, 1.807) is 19.1 Å². The Morgan fingerprint density at radius 3 is 2.63 bits per heavy atom. The van der Waals surface area contributed by atoms with Crippen molar-refractivity contribution in [2.75, 3.05) is 6.54 Å². The number of hydrogen-bond donors (Lipinski definition) is 2. The molecule has 1 aromatic heterocycles. The van der Waals surface area contributed by atoms with Crippen LogP contribution in [0.3, 0.4) is 0 Å². The third kappa shape index (κ3) is 5.18. The molecule has 7 heteroatoms. The Labute approximate surface area is 173 Å². The van der Waals surface area contributed by atoms with Gasteiger partial charge < -0.3 is 29.5 Å². The van der Waals surface area contributed by atoms with Crippen molar-refractivity contribution in [3.8, 4) is 17.2 Å². The lowest BCUT2D eigenvalue weighted by molar-refractivity contribution is -0.670. The number of phenols is 1. The molecule has 2 aromatic carbocycles. The highest BCUT2D eigenvalue weighted by Crippen LogP contribution is 2.30. The minimum atomic E-state index is -1.03. The van der Waals surface area contributed by atoms with E-state index in [-0.39, 0.29) is 23.3 Å². The lowest BCUT2D eigenvalue weighted by Gasteiger charge is -2.11. The number of benzene rings is 2. The van der Waals surface area contributed by atoms with Crippen molar-refractivity contribution in [1.29, 1.82) is 0 Å². The molecular weight excluding hydrogens is 386 g/mol. The number of carboxylic acid groups (broad SMARTS) is 1. The highest BCUT2D eigenvalue weighted by molar-refractivity contribution is 5.83. The first-order valence-electron chi connectivity index (χ1n) is 10.00. The number of para-hydroxylation sites is 1. The fourth-order valence-corrected chi connectivity index (χ4v) is 3.30. The zero-order chi connectivity index (χ0) is 21.5. The summed E-state index contributed by atoms with van der Waals surface area (Å²) in [5.41, 5.74) is 0.612. The summed E-state index contributed by atoms with van der Waals surface area (Å²) in [6.45, 7) is 2.86. The van der Waals surface area contributed by atoms with E-state index >= 15 is 0 Å². The second-order valence-electron chi connectivity index (χ2n) is 7.14. The molecule has 0 spiro atoms. The predicted molar refractivity (Wildman–Crippen MR) is 109 cm³/mol. The summed E-state index contributed by atoms with van der Waals surface area (Å²) in [6.07, 6.45) is 2.30. The molecule has 7 nitrogen and oxygen atoms in total. The number of carboxylic acids is 1. The van der Waals surface area contributed by atoms with E-state index in [1.165, 1.54) is 12.1 Å². The Morgan fingerprint density at radius 1 is 1.13 bits per heavy atom. The molecule has 0 radical (unpaired) electrons. The van der Waals surface area contributed by atoms with Gasteiger partial charge in [0, 0.05) is 5.97 Å². The predicted octanol–water partition coefficient (Wildman–Crippen LogP) is 1.97. The van der Waals surface area contributed by atoms with Gasteiger partial charge in [-0.15, -0.1) is 0 Å². The molecule has 1 heterocycles. The molecule has 0 saturated carbocycles. The van der Waals surface area contributed by atoms with Crippen LogP contribution in [0.25, 0.3) is 11.0 Å². The summed E-state index contributed by atoms with van der Waals surface area (Å²) < 4.78 is 11.7. The van der Waals surface area contributed by atoms with Crippen LogP contribution in [0.15, 0.2) is 51.7 Å². The van der Waals surface area contributed by atoms with Crippen molar-refractivity contribution >= 4 is 16.9 Å². The quantitative estimate of drug-likeness (QED) is 0.493. The molecule has 30 heavy (non-hydrogen) atoms. The summed E-state index contributed by atoms with van der Waals surface area (Å²) in [7, 11) is 0. The molecule has 0 amide bonds. The Morgan fingerprint density at radius 2 is 1.90 bits per heavy atom. The maximum Gasteiger partial charge on any atom is 0.235 e. The topological polar surface area (TPSA) is 116 Å². The fraction of sp³-hybridized carbons (Fsp3) is 0.304. The van der Waals surface area contributed by atoms with Gasteiger partial charge in [-0.2, -0.15) is 0 Å². The van der Waals surface area contributed by atoms with Crippen LogP contribution >= 0.6 is 0 Å². The van der Waals surface area contributed by atoms with E-state index in [0.717, 1.165) is 19.4 Å². The second-order valence-corrected chi connectivity index (χ2v) is 7.14. The fourth-order valence-electron chi connectivity index (χ4n) is 3.30. The SMILES string of the molecule is Cc1oc2c(C[NH2+]CCCCCC(=O)[O-])c(O)ccc2c(=O)c1Oc1ccccc1. The van der Waals surface area contributed by atoms with Gasteiger partial charge in [0.05, 0.1) is 17.5 Å². The molecule has 3 N–H and O–H groups in total. The minimum absolute atomic E-state index is 0.0648. The van der Waals surface area contributed by atoms with Crippen LogP contribution in [0.4, 0.5) is 0 Å². The summed E-state index contributed by atoms with van der Waals surface area (Å²) >= 11 is 0. The van der Waals surface area contributed by atoms with Crippen LogP contribution in [-0.4, -0.2) is 17.6 Å². The van der Waals surface area contributed by atoms with E-state index in [1.807, 2.05) is 23.5 Å². The van der Waals surface area contributed by atoms with Gasteiger partial charge in [0.1, 0.15) is 23.8 Å². The van der Waals surface area contributed by atoms with Crippen molar-refractivity contribution in [3.05, 3.63) is 64.0 Å². The zero-order valence-corrected chi connectivity index (χ0v) is 16.8. The van der Waals surface area contributed by atoms with E-state index in [9.17, 15) is 19.8 Å². The molecule has 0 atom stereocenters. The maximum absolute atomic E-state index is 13.0. The van der Waals surface area contributed by atoms with Gasteiger partial charge in [-0.25, -0.2) is 0 Å². The third-order valence-corrected chi connectivity index (χ3v) is 4.86. The standard InChI is InChI=1S/C23H25NO6/c1-15-22(30-16-8-4-2-5-9-16)21(28)17-11-12-19(25)18(23(17)29-15)14-24-13-7-3-6-10-20(26)27/h2,4-5,8-9,11-12,24-25H,3,6-7,10,13-14H2,1H3,(H,26,27). The summed E-state index contributed by atoms with van der Waals surface area (Å²) in [6, 6.07) is 12.0. The van der Waals surface area contributed by atoms with Crippen molar-refractivity contribution in [3.63, 3.8) is 0 Å². The number of aromatic hydroxyl groups is 1. The van der Waals surface area contributed by atoms with E-state index in [2.05, 4.69) is 0 Å². The average Bonchev–Trinajstić information content (AvgIpc) is 2.72. The van der Waals surface area contributed by atoms with Crippen LogP contribution in [0.2, 0.25) is 0 Å². The minimum Gasteiger partial charge on any atom is -0.550 e. The van der Waals surface area contributed by atoms with E-state index < -0.39 is 5.97 Å². The normalized spacial score (nSPS) is 11.0. The first-order chi connectivity index (χ1) is 14.5. The number of hydrogen-bond acceptors (Lipinski definition) is 6. The maximum atomic E-state index is 13.0. The van der Waals surface area contributed by atoms with Crippen LogP contribution in [0.1, 0.15) is 37.0 Å². The number of nitrogens with two attached hydrogens (primary N) is 1. The molecule has 0 aliphatic heterocycles. The number of rotatable bonds is 10. The van der Waals surface area contributed by atoms with Crippen molar-refractivity contribution in [1.82, 2.24) is 0 Å². The molecule has 0 unspecified atom stereocenters. The van der Waals surface area contributed by atoms with Crippen molar-refractivity contribution in [2.45, 2.75) is 39.2 Å². The van der Waals surface area contributed by atoms with Crippen LogP contribution in [0.5, 0.6) is 17.2 Å². The first-order valence-corrected chi connectivity index (χ1v) is 10.00. The number of fused-ring (bicyclic) bond motifs is 1. The number of ether oxygens (including phenoxy) is 1. The number of quaternary nitrogens is 1. The number of aryl methyl sites for hydroxylation is 1. The van der Waals surface area contributed by atoms with Gasteiger partial charge in [0.25, 0.3) is 0 Å². The van der Waals surface area contributed by atoms with Crippen LogP contribution < -0.4 is 20.6 Å². The second kappa shape index (κ2) is 9.93. The largest absolute Gasteiger partial charge is 0.550 e. The van der Waals surface area contributed by atoms with Gasteiger partial charge >= 0.3 is 0 Å². The van der Waals surface area contributed by atoms with E-state index in [4.69, 9.17) is 9.15 Å². The number of unbranched alkanes of at least 4 members (excludes halogenated alkanes) is 2. The molecule has 3 aromatic rings. The highest BCUT2D eigenvalue weighted by Gasteiger charge is 2.19. The Kier molecular flexibility index (Phi) is 7.08. The van der Waals surface area contributed by atoms with Crippen LogP contribution in [-0.2, 0) is 11.3 Å². The summed E-state index contributed by atoms with van der Waals surface area (Å²) in [4.78, 5) is 23.4. The van der Waals surface area contributed by atoms with Crippen molar-refractivity contribution < 1.29 is 29.5 Å². The molecule has 158 valence electrons. The number of phenolic OH excluding ortho intramolecular Hbond substituents is 1. The molecule has 0 aliphatic rings. The molecule has 0 aliphatic carbocycles. The molecule has 0 fully saturated rings. The lowest BCUT2D eigenvalue weighted by atomic mass is 10.1. The monoisotopic (exact) mass is 411 g/mol. The zero-order valence-electron chi connectivity index (χ0n) is 16.8. The van der Waals surface area contributed by atoms with Gasteiger partial charge in [-0.05, 0) is 56.9 Å². The molecule has 0 saturated heterocycles. The summed E-state index contributed by atoms with van der Waals surface area (Å²) in [5, 5.41) is 23.1. The van der Waals surface area contributed by atoms with Crippen molar-refractivity contribution in [2.24, 2.45) is 0 Å². The molecular formula is C23H25NO6. The third-order valence-electron chi connectivity index (χ3n) is 4.86. The van der Waals surface area contributed by atoms with Gasteiger partial charge in [-0.3, -0.25) is 4.79 Å². The average molecular weight is 411 g/mol. The highest BCUT2D eigenvalue weighted by atomic mass is 16.5. The van der Waals surface area contributed by atoms with Gasteiger partial charge in [0.15, 0.2) is 5.58 Å². The summed E-state index contributed by atoms with van der Waals surface area (Å²) in [5.74, 6) is 0.0432. The number of carbonyl (C=O) groups excluding carboxylic acids is 1. The lowest BCUT2D eigenvalue weighted by Crippen LogP contribution is -2.82. The Bertz CT molecular complexity index is 1070. The van der Waals surface area contributed by atoms with E-state index in [0.29, 0.717) is 41.0 Å². The molecule has 3 rings (SSSR count). The molecule has 0 bridgehead atoms. The Hall–Kier alpha value is -3.32. The number of carbonyl (C=O) groups is 1. The smallest absolute Gasteiger partial charge is 0.235 e.